The number of amides is 2. The molecule has 6 nitrogen and oxygen atoms in total. The van der Waals surface area contributed by atoms with Gasteiger partial charge in [-0.05, 0) is 30.3 Å². The van der Waals surface area contributed by atoms with Crippen LogP contribution in [0.3, 0.4) is 0 Å². The van der Waals surface area contributed by atoms with Gasteiger partial charge in [-0.25, -0.2) is 0 Å². The number of hydrogen-bond donors (Lipinski definition) is 1. The van der Waals surface area contributed by atoms with Crippen molar-refractivity contribution >= 4 is 46.4 Å². The lowest BCUT2D eigenvalue weighted by Gasteiger charge is -2.23. The molecule has 1 N–H and O–H groups in total. The first-order valence-electron chi connectivity index (χ1n) is 7.60. The van der Waals surface area contributed by atoms with E-state index in [4.69, 9.17) is 32.7 Å². The van der Waals surface area contributed by atoms with Gasteiger partial charge in [0.05, 0.1) is 30.6 Å². The van der Waals surface area contributed by atoms with Crippen molar-refractivity contribution < 1.29 is 19.1 Å². The van der Waals surface area contributed by atoms with E-state index in [1.807, 2.05) is 0 Å². The van der Waals surface area contributed by atoms with Crippen molar-refractivity contribution in [3.63, 3.8) is 0 Å². The van der Waals surface area contributed by atoms with E-state index in [0.29, 0.717) is 32.9 Å². The fraction of sp³-hybridized carbons (Fsp3) is 0.222. The van der Waals surface area contributed by atoms with Gasteiger partial charge in [0.25, 0.3) is 0 Å². The summed E-state index contributed by atoms with van der Waals surface area (Å²) in [7, 11) is 3.00. The SMILES string of the molecule is COc1ccc(OC)c(N(CC(=O)Nc2ccc(Cl)cc2Cl)C(C)=O)c1. The fourth-order valence-electron chi connectivity index (χ4n) is 2.30. The number of carbonyl (C=O) groups is 2. The molecule has 0 fully saturated rings. The molecule has 8 heteroatoms. The molecule has 0 bridgehead atoms. The minimum Gasteiger partial charge on any atom is -0.497 e. The van der Waals surface area contributed by atoms with Crippen LogP contribution in [0.5, 0.6) is 11.5 Å². The third kappa shape index (κ3) is 4.80. The molecule has 0 saturated heterocycles. The Kier molecular flexibility index (Phi) is 6.71. The van der Waals surface area contributed by atoms with E-state index in [2.05, 4.69) is 5.32 Å². The lowest BCUT2D eigenvalue weighted by molar-refractivity contribution is -0.120. The van der Waals surface area contributed by atoms with Crippen molar-refractivity contribution in [2.24, 2.45) is 0 Å². The quantitative estimate of drug-likeness (QED) is 0.800. The summed E-state index contributed by atoms with van der Waals surface area (Å²) < 4.78 is 10.5. The molecule has 2 aromatic carbocycles. The zero-order valence-electron chi connectivity index (χ0n) is 14.5. The maximum Gasteiger partial charge on any atom is 0.244 e. The zero-order chi connectivity index (χ0) is 19.3. The Balaban J connectivity index is 2.25. The first kappa shape index (κ1) is 19.9. The predicted octanol–water partition coefficient (Wildman–Crippen LogP) is 4.00. The molecule has 0 aliphatic carbocycles. The molecule has 0 aromatic heterocycles. The summed E-state index contributed by atoms with van der Waals surface area (Å²) in [4.78, 5) is 25.8. The second-order valence-corrected chi connectivity index (χ2v) is 6.16. The summed E-state index contributed by atoms with van der Waals surface area (Å²) in [5.74, 6) is 0.231. The Hall–Kier alpha value is -2.44. The molecule has 138 valence electrons. The highest BCUT2D eigenvalue weighted by molar-refractivity contribution is 6.36. The number of ether oxygens (including phenoxy) is 2. The van der Waals surface area contributed by atoms with Crippen LogP contribution < -0.4 is 19.7 Å². The monoisotopic (exact) mass is 396 g/mol. The minimum absolute atomic E-state index is 0.224. The molecule has 0 saturated carbocycles. The number of nitrogens with zero attached hydrogens (tertiary/aromatic N) is 1. The topological polar surface area (TPSA) is 67.9 Å². The lowest BCUT2D eigenvalue weighted by Crippen LogP contribution is -2.37. The number of rotatable bonds is 6. The lowest BCUT2D eigenvalue weighted by atomic mass is 10.2. The van der Waals surface area contributed by atoms with Crippen molar-refractivity contribution in [3.8, 4) is 11.5 Å². The van der Waals surface area contributed by atoms with Crippen LogP contribution in [0.4, 0.5) is 11.4 Å². The van der Waals surface area contributed by atoms with Gasteiger partial charge in [0.15, 0.2) is 0 Å². The van der Waals surface area contributed by atoms with Crippen LogP contribution in [0, 0.1) is 0 Å². The summed E-state index contributed by atoms with van der Waals surface area (Å²) in [6, 6.07) is 9.71. The molecule has 2 aromatic rings. The van der Waals surface area contributed by atoms with Crippen molar-refractivity contribution in [3.05, 3.63) is 46.4 Å². The number of hydrogen-bond acceptors (Lipinski definition) is 4. The Morgan fingerprint density at radius 1 is 1.08 bits per heavy atom. The van der Waals surface area contributed by atoms with Gasteiger partial charge in [0, 0.05) is 18.0 Å². The summed E-state index contributed by atoms with van der Waals surface area (Å²) in [5.41, 5.74) is 0.832. The zero-order valence-corrected chi connectivity index (χ0v) is 16.0. The molecule has 0 aliphatic rings. The molecular weight excluding hydrogens is 379 g/mol. The van der Waals surface area contributed by atoms with Gasteiger partial charge < -0.3 is 14.8 Å². The van der Waals surface area contributed by atoms with E-state index < -0.39 is 5.91 Å². The minimum atomic E-state index is -0.422. The Morgan fingerprint density at radius 3 is 2.38 bits per heavy atom. The number of nitrogens with one attached hydrogen (secondary N) is 1. The van der Waals surface area contributed by atoms with Crippen LogP contribution in [-0.4, -0.2) is 32.6 Å². The van der Waals surface area contributed by atoms with Crippen molar-refractivity contribution in [1.29, 1.82) is 0 Å². The molecule has 0 aliphatic heterocycles. The first-order valence-corrected chi connectivity index (χ1v) is 8.36. The first-order chi connectivity index (χ1) is 12.3. The normalized spacial score (nSPS) is 10.2. The van der Waals surface area contributed by atoms with Gasteiger partial charge in [0.2, 0.25) is 11.8 Å². The Bertz CT molecular complexity index is 827. The van der Waals surface area contributed by atoms with Gasteiger partial charge in [-0.2, -0.15) is 0 Å². The number of anilines is 2. The molecule has 0 spiro atoms. The van der Waals surface area contributed by atoms with Crippen LogP contribution >= 0.6 is 23.2 Å². The summed E-state index contributed by atoms with van der Waals surface area (Å²) in [6.45, 7) is 1.14. The van der Waals surface area contributed by atoms with Crippen LogP contribution in [-0.2, 0) is 9.59 Å². The number of carbonyl (C=O) groups excluding carboxylic acids is 2. The summed E-state index contributed by atoms with van der Waals surface area (Å²) >= 11 is 11.9. The third-order valence-electron chi connectivity index (χ3n) is 3.56. The van der Waals surface area contributed by atoms with Crippen LogP contribution in [0.25, 0.3) is 0 Å². The number of halogens is 2. The molecule has 0 heterocycles. The molecular formula is C18H18Cl2N2O4. The van der Waals surface area contributed by atoms with E-state index in [9.17, 15) is 9.59 Å². The highest BCUT2D eigenvalue weighted by Gasteiger charge is 2.21. The summed E-state index contributed by atoms with van der Waals surface area (Å²) in [6.07, 6.45) is 0. The average molecular weight is 397 g/mol. The average Bonchev–Trinajstić information content (AvgIpc) is 2.61. The van der Waals surface area contributed by atoms with E-state index in [1.165, 1.54) is 32.1 Å². The third-order valence-corrected chi connectivity index (χ3v) is 4.11. The van der Waals surface area contributed by atoms with Gasteiger partial charge in [-0.3, -0.25) is 14.5 Å². The summed E-state index contributed by atoms with van der Waals surface area (Å²) in [5, 5.41) is 3.43. The van der Waals surface area contributed by atoms with Crippen LogP contribution in [0.15, 0.2) is 36.4 Å². The van der Waals surface area contributed by atoms with E-state index >= 15 is 0 Å². The number of benzene rings is 2. The Labute approximate surface area is 161 Å². The van der Waals surface area contributed by atoms with Crippen molar-refractivity contribution in [2.75, 3.05) is 31.0 Å². The van der Waals surface area contributed by atoms with Gasteiger partial charge in [-0.1, -0.05) is 23.2 Å². The molecule has 2 rings (SSSR count). The fourth-order valence-corrected chi connectivity index (χ4v) is 2.75. The number of methoxy groups -OCH3 is 2. The molecule has 0 atom stereocenters. The highest BCUT2D eigenvalue weighted by atomic mass is 35.5. The Morgan fingerprint density at radius 2 is 1.81 bits per heavy atom. The molecule has 0 unspecified atom stereocenters. The smallest absolute Gasteiger partial charge is 0.244 e. The maximum absolute atomic E-state index is 12.4. The standard InChI is InChI=1S/C18H18Cl2N2O4/c1-11(23)22(16-9-13(25-2)5-7-17(16)26-3)10-18(24)21-15-6-4-12(19)8-14(15)20/h4-9H,10H2,1-3H3,(H,21,24). The van der Waals surface area contributed by atoms with Crippen LogP contribution in [0.1, 0.15) is 6.92 Å². The van der Waals surface area contributed by atoms with Crippen molar-refractivity contribution in [2.45, 2.75) is 6.92 Å². The maximum atomic E-state index is 12.4. The van der Waals surface area contributed by atoms with Crippen LogP contribution in [0.2, 0.25) is 10.0 Å². The molecule has 26 heavy (non-hydrogen) atoms. The highest BCUT2D eigenvalue weighted by Crippen LogP contribution is 2.32. The largest absolute Gasteiger partial charge is 0.497 e. The molecule has 2 amide bonds. The van der Waals surface area contributed by atoms with E-state index in [-0.39, 0.29) is 12.5 Å². The van der Waals surface area contributed by atoms with E-state index in [1.54, 1.807) is 30.3 Å². The van der Waals surface area contributed by atoms with Gasteiger partial charge >= 0.3 is 0 Å². The molecule has 0 radical (unpaired) electrons. The van der Waals surface area contributed by atoms with Gasteiger partial charge in [-0.15, -0.1) is 0 Å². The second kappa shape index (κ2) is 8.78. The van der Waals surface area contributed by atoms with E-state index in [0.717, 1.165) is 0 Å². The van der Waals surface area contributed by atoms with Crippen molar-refractivity contribution in [1.82, 2.24) is 0 Å². The van der Waals surface area contributed by atoms with Gasteiger partial charge in [0.1, 0.15) is 18.0 Å². The second-order valence-electron chi connectivity index (χ2n) is 5.32. The predicted molar refractivity (Wildman–Crippen MR) is 103 cm³/mol.